The summed E-state index contributed by atoms with van der Waals surface area (Å²) >= 11 is 0. The van der Waals surface area contributed by atoms with Gasteiger partial charge in [0.2, 0.25) is 0 Å². The van der Waals surface area contributed by atoms with E-state index in [2.05, 4.69) is 10.1 Å². The first-order valence-electron chi connectivity index (χ1n) is 5.95. The van der Waals surface area contributed by atoms with Gasteiger partial charge in [0, 0.05) is 24.5 Å². The van der Waals surface area contributed by atoms with Crippen molar-refractivity contribution in [3.8, 4) is 5.75 Å². The topological polar surface area (TPSA) is 66.0 Å². The Bertz CT molecular complexity index is 536. The van der Waals surface area contributed by atoms with E-state index in [4.69, 9.17) is 10.5 Å². The third-order valence-electron chi connectivity index (χ3n) is 3.01. The van der Waals surface area contributed by atoms with Gasteiger partial charge in [-0.25, -0.2) is 0 Å². The highest BCUT2D eigenvalue weighted by molar-refractivity contribution is 5.34. The van der Waals surface area contributed by atoms with Gasteiger partial charge in [-0.05, 0) is 25.5 Å². The highest BCUT2D eigenvalue weighted by Crippen LogP contribution is 2.24. The van der Waals surface area contributed by atoms with E-state index >= 15 is 0 Å². The summed E-state index contributed by atoms with van der Waals surface area (Å²) in [5, 5.41) is 4.21. The molecular weight excluding hydrogens is 228 g/mol. The maximum Gasteiger partial charge on any atom is 0.137 e. The summed E-state index contributed by atoms with van der Waals surface area (Å²) in [6.07, 6.45) is 5.25. The normalized spacial score (nSPS) is 12.4. The van der Waals surface area contributed by atoms with E-state index in [0.29, 0.717) is 6.61 Å². The largest absolute Gasteiger partial charge is 0.492 e. The molecule has 1 atom stereocenters. The van der Waals surface area contributed by atoms with Gasteiger partial charge < -0.3 is 10.5 Å². The van der Waals surface area contributed by atoms with Crippen molar-refractivity contribution in [3.63, 3.8) is 0 Å². The molecule has 18 heavy (non-hydrogen) atoms. The van der Waals surface area contributed by atoms with Crippen LogP contribution in [-0.4, -0.2) is 21.4 Å². The van der Waals surface area contributed by atoms with Crippen LogP contribution in [0.1, 0.15) is 29.8 Å². The first kappa shape index (κ1) is 12.6. The number of aromatic nitrogens is 3. The molecule has 0 fully saturated rings. The highest BCUT2D eigenvalue weighted by atomic mass is 16.5. The second-order valence-corrected chi connectivity index (χ2v) is 4.17. The SMILES string of the molecule is CCOc1cncc(C(N)c2cnn(C)c2C)c1. The Kier molecular flexibility index (Phi) is 3.62. The first-order valence-corrected chi connectivity index (χ1v) is 5.95. The average molecular weight is 246 g/mol. The van der Waals surface area contributed by atoms with Crippen LogP contribution in [0.15, 0.2) is 24.7 Å². The van der Waals surface area contributed by atoms with E-state index in [9.17, 15) is 0 Å². The third-order valence-corrected chi connectivity index (χ3v) is 3.01. The van der Waals surface area contributed by atoms with Crippen molar-refractivity contribution in [2.45, 2.75) is 19.9 Å². The molecule has 1 unspecified atom stereocenters. The fourth-order valence-electron chi connectivity index (χ4n) is 1.85. The lowest BCUT2D eigenvalue weighted by Crippen LogP contribution is -2.13. The molecule has 0 radical (unpaired) electrons. The monoisotopic (exact) mass is 246 g/mol. The number of pyridine rings is 1. The minimum Gasteiger partial charge on any atom is -0.492 e. The maximum atomic E-state index is 6.25. The predicted octanol–water partition coefficient (Wildman–Crippen LogP) is 1.57. The van der Waals surface area contributed by atoms with Crippen LogP contribution in [0.2, 0.25) is 0 Å². The molecule has 2 heterocycles. The summed E-state index contributed by atoms with van der Waals surface area (Å²) in [6, 6.07) is 1.69. The lowest BCUT2D eigenvalue weighted by atomic mass is 10.0. The van der Waals surface area contributed by atoms with Crippen LogP contribution in [0.25, 0.3) is 0 Å². The average Bonchev–Trinajstić information content (AvgIpc) is 2.70. The summed E-state index contributed by atoms with van der Waals surface area (Å²) in [7, 11) is 1.90. The first-order chi connectivity index (χ1) is 8.63. The molecule has 2 N–H and O–H groups in total. The smallest absolute Gasteiger partial charge is 0.137 e. The van der Waals surface area contributed by atoms with Crippen molar-refractivity contribution in [2.75, 3.05) is 6.61 Å². The van der Waals surface area contributed by atoms with E-state index in [0.717, 1.165) is 22.6 Å². The van der Waals surface area contributed by atoms with Gasteiger partial charge in [-0.1, -0.05) is 0 Å². The van der Waals surface area contributed by atoms with Crippen molar-refractivity contribution in [1.82, 2.24) is 14.8 Å². The van der Waals surface area contributed by atoms with Crippen LogP contribution < -0.4 is 10.5 Å². The number of nitrogens with zero attached hydrogens (tertiary/aromatic N) is 3. The quantitative estimate of drug-likeness (QED) is 0.889. The molecule has 0 saturated carbocycles. The summed E-state index contributed by atoms with van der Waals surface area (Å²) < 4.78 is 7.24. The molecule has 2 rings (SSSR count). The van der Waals surface area contributed by atoms with Crippen molar-refractivity contribution >= 4 is 0 Å². The van der Waals surface area contributed by atoms with E-state index in [1.165, 1.54) is 0 Å². The Morgan fingerprint density at radius 1 is 1.39 bits per heavy atom. The molecule has 0 saturated heterocycles. The molecular formula is C13H18N4O. The number of hydrogen-bond donors (Lipinski definition) is 1. The van der Waals surface area contributed by atoms with E-state index in [-0.39, 0.29) is 6.04 Å². The molecule has 5 heteroatoms. The van der Waals surface area contributed by atoms with Gasteiger partial charge in [0.05, 0.1) is 25.0 Å². The van der Waals surface area contributed by atoms with Gasteiger partial charge >= 0.3 is 0 Å². The summed E-state index contributed by atoms with van der Waals surface area (Å²) in [4.78, 5) is 4.15. The summed E-state index contributed by atoms with van der Waals surface area (Å²) in [6.45, 7) is 4.56. The van der Waals surface area contributed by atoms with Crippen molar-refractivity contribution < 1.29 is 4.74 Å². The van der Waals surface area contributed by atoms with Gasteiger partial charge in [-0.3, -0.25) is 9.67 Å². The fraction of sp³-hybridized carbons (Fsp3) is 0.385. The van der Waals surface area contributed by atoms with E-state index < -0.39 is 0 Å². The highest BCUT2D eigenvalue weighted by Gasteiger charge is 2.15. The molecule has 0 aliphatic rings. The van der Waals surface area contributed by atoms with Crippen molar-refractivity contribution in [1.29, 1.82) is 0 Å². The molecule has 2 aromatic heterocycles. The Balaban J connectivity index is 2.30. The number of hydrogen-bond acceptors (Lipinski definition) is 4. The summed E-state index contributed by atoms with van der Waals surface area (Å²) in [5.74, 6) is 0.743. The van der Waals surface area contributed by atoms with Crippen molar-refractivity contribution in [3.05, 3.63) is 41.5 Å². The van der Waals surface area contributed by atoms with Crippen LogP contribution in [0.5, 0.6) is 5.75 Å². The lowest BCUT2D eigenvalue weighted by Gasteiger charge is -2.12. The minimum absolute atomic E-state index is 0.230. The lowest BCUT2D eigenvalue weighted by molar-refractivity contribution is 0.338. The van der Waals surface area contributed by atoms with Gasteiger partial charge in [0.25, 0.3) is 0 Å². The second kappa shape index (κ2) is 5.18. The molecule has 0 amide bonds. The zero-order valence-corrected chi connectivity index (χ0v) is 10.9. The predicted molar refractivity (Wildman–Crippen MR) is 69.4 cm³/mol. The Hall–Kier alpha value is -1.88. The van der Waals surface area contributed by atoms with Crippen LogP contribution in [-0.2, 0) is 7.05 Å². The van der Waals surface area contributed by atoms with E-state index in [1.807, 2.05) is 31.6 Å². The molecule has 2 aromatic rings. The molecule has 0 bridgehead atoms. The zero-order valence-electron chi connectivity index (χ0n) is 10.9. The van der Waals surface area contributed by atoms with Crippen LogP contribution in [0.3, 0.4) is 0 Å². The van der Waals surface area contributed by atoms with Crippen LogP contribution in [0.4, 0.5) is 0 Å². The molecule has 0 aliphatic carbocycles. The van der Waals surface area contributed by atoms with Gasteiger partial charge in [0.1, 0.15) is 5.75 Å². The minimum atomic E-state index is -0.230. The Morgan fingerprint density at radius 3 is 2.78 bits per heavy atom. The maximum absolute atomic E-state index is 6.25. The Labute approximate surface area is 107 Å². The molecule has 0 spiro atoms. The Morgan fingerprint density at radius 2 is 2.17 bits per heavy atom. The molecule has 96 valence electrons. The van der Waals surface area contributed by atoms with Gasteiger partial charge in [-0.15, -0.1) is 0 Å². The molecule has 5 nitrogen and oxygen atoms in total. The van der Waals surface area contributed by atoms with Gasteiger partial charge in [-0.2, -0.15) is 5.10 Å². The molecule has 0 aliphatic heterocycles. The fourth-order valence-corrected chi connectivity index (χ4v) is 1.85. The zero-order chi connectivity index (χ0) is 13.1. The van der Waals surface area contributed by atoms with Crippen LogP contribution in [0, 0.1) is 6.92 Å². The third kappa shape index (κ3) is 2.36. The second-order valence-electron chi connectivity index (χ2n) is 4.17. The standard InChI is InChI=1S/C13H18N4O/c1-4-18-11-5-10(6-15-7-11)13(14)12-8-16-17(3)9(12)2/h5-8,13H,4,14H2,1-3H3. The molecule has 0 aromatic carbocycles. The van der Waals surface area contributed by atoms with Crippen molar-refractivity contribution in [2.24, 2.45) is 12.8 Å². The summed E-state index contributed by atoms with van der Waals surface area (Å²) in [5.41, 5.74) is 9.24. The number of aryl methyl sites for hydroxylation is 1. The van der Waals surface area contributed by atoms with Gasteiger partial charge in [0.15, 0.2) is 0 Å². The number of rotatable bonds is 4. The van der Waals surface area contributed by atoms with E-state index in [1.54, 1.807) is 18.6 Å². The van der Waals surface area contributed by atoms with Crippen LogP contribution >= 0.6 is 0 Å². The number of nitrogens with two attached hydrogens (primary N) is 1. The number of ether oxygens (including phenoxy) is 1.